The first kappa shape index (κ1) is 23.8. The minimum atomic E-state index is -4.62. The van der Waals surface area contributed by atoms with Gasteiger partial charge in [-0.1, -0.05) is 37.6 Å². The summed E-state index contributed by atoms with van der Waals surface area (Å²) in [7, 11) is 0. The minimum Gasteiger partial charge on any atom is -0.459 e. The number of hydrogen-bond acceptors (Lipinski definition) is 4. The zero-order valence-electron chi connectivity index (χ0n) is 17.0. The molecule has 0 fully saturated rings. The normalized spacial score (nSPS) is 14.0. The van der Waals surface area contributed by atoms with Gasteiger partial charge < -0.3 is 4.74 Å². The molecule has 1 heterocycles. The van der Waals surface area contributed by atoms with Crippen molar-refractivity contribution in [2.24, 2.45) is 10.9 Å². The number of aromatic nitrogens is 2. The zero-order chi connectivity index (χ0) is 22.5. The van der Waals surface area contributed by atoms with Gasteiger partial charge in [0.1, 0.15) is 23.3 Å². The Morgan fingerprint density at radius 3 is 2.57 bits per heavy atom. The highest BCUT2D eigenvalue weighted by molar-refractivity contribution is 6.30. The van der Waals surface area contributed by atoms with Crippen molar-refractivity contribution in [1.82, 2.24) is 9.97 Å². The fourth-order valence-electron chi connectivity index (χ4n) is 2.53. The summed E-state index contributed by atoms with van der Waals surface area (Å²) in [5.41, 5.74) is 0.156. The molecule has 0 spiro atoms. The summed E-state index contributed by atoms with van der Waals surface area (Å²) >= 11 is 5.92. The van der Waals surface area contributed by atoms with E-state index in [1.165, 1.54) is 25.3 Å². The van der Waals surface area contributed by atoms with Crippen molar-refractivity contribution in [1.29, 1.82) is 0 Å². The second-order valence-electron chi connectivity index (χ2n) is 6.71. The van der Waals surface area contributed by atoms with E-state index >= 15 is 0 Å². The monoisotopic (exact) mass is 443 g/mol. The molecule has 0 N–H and O–H groups in total. The van der Waals surface area contributed by atoms with Crippen molar-refractivity contribution in [3.05, 3.63) is 63.8 Å². The van der Waals surface area contributed by atoms with Crippen molar-refractivity contribution in [3.63, 3.8) is 0 Å². The molecule has 2 aromatic rings. The number of halogens is 5. The van der Waals surface area contributed by atoms with Gasteiger partial charge in [0.05, 0.1) is 5.71 Å². The van der Waals surface area contributed by atoms with Gasteiger partial charge in [-0.15, -0.1) is 0 Å². The molecule has 0 saturated carbocycles. The SMILES string of the molecule is C/C=C(\N=C(c1ccc(COc2ncc(C)c(Cl)n2)cc1F)C(C)CC)C(F)(F)F. The number of hydrogen-bond donors (Lipinski definition) is 0. The molecule has 1 aromatic heterocycles. The van der Waals surface area contributed by atoms with Crippen LogP contribution in [0.1, 0.15) is 43.9 Å². The first-order valence-corrected chi connectivity index (χ1v) is 9.67. The second-order valence-corrected chi connectivity index (χ2v) is 7.07. The number of allylic oxidation sites excluding steroid dienone is 2. The van der Waals surface area contributed by atoms with Crippen LogP contribution >= 0.6 is 11.6 Å². The molecule has 0 aliphatic carbocycles. The van der Waals surface area contributed by atoms with Crippen molar-refractivity contribution in [2.75, 3.05) is 0 Å². The molecule has 30 heavy (non-hydrogen) atoms. The van der Waals surface area contributed by atoms with Crippen molar-refractivity contribution >= 4 is 17.3 Å². The Labute approximate surface area is 177 Å². The highest BCUT2D eigenvalue weighted by atomic mass is 35.5. The van der Waals surface area contributed by atoms with Crippen LogP contribution in [0.2, 0.25) is 5.15 Å². The second kappa shape index (κ2) is 10.0. The van der Waals surface area contributed by atoms with Gasteiger partial charge in [0.25, 0.3) is 0 Å². The maximum atomic E-state index is 14.8. The van der Waals surface area contributed by atoms with Gasteiger partial charge in [-0.25, -0.2) is 14.4 Å². The summed E-state index contributed by atoms with van der Waals surface area (Å²) < 4.78 is 59.6. The molecule has 0 aliphatic heterocycles. The Balaban J connectivity index is 2.30. The molecular formula is C21H22ClF4N3O. The average molecular weight is 444 g/mol. The number of nitrogens with zero attached hydrogens (tertiary/aromatic N) is 3. The Hall–Kier alpha value is -2.48. The first-order valence-electron chi connectivity index (χ1n) is 9.29. The molecule has 0 aliphatic rings. The lowest BCUT2D eigenvalue weighted by molar-refractivity contribution is -0.0924. The van der Waals surface area contributed by atoms with E-state index in [0.717, 1.165) is 6.08 Å². The van der Waals surface area contributed by atoms with E-state index in [1.807, 2.05) is 0 Å². The van der Waals surface area contributed by atoms with Gasteiger partial charge in [0.2, 0.25) is 0 Å². The van der Waals surface area contributed by atoms with Gasteiger partial charge in [-0.2, -0.15) is 18.2 Å². The van der Waals surface area contributed by atoms with Crippen LogP contribution in [0.5, 0.6) is 6.01 Å². The third-order valence-electron chi connectivity index (χ3n) is 4.45. The summed E-state index contributed by atoms with van der Waals surface area (Å²) in [5.74, 6) is -1.06. The van der Waals surface area contributed by atoms with E-state index < -0.39 is 17.7 Å². The first-order chi connectivity index (χ1) is 14.1. The zero-order valence-corrected chi connectivity index (χ0v) is 17.8. The van der Waals surface area contributed by atoms with E-state index in [0.29, 0.717) is 17.5 Å². The topological polar surface area (TPSA) is 47.4 Å². The maximum Gasteiger partial charge on any atom is 0.433 e. The van der Waals surface area contributed by atoms with Crippen LogP contribution < -0.4 is 4.74 Å². The van der Waals surface area contributed by atoms with E-state index in [2.05, 4.69) is 15.0 Å². The smallest absolute Gasteiger partial charge is 0.433 e. The summed E-state index contributed by atoms with van der Waals surface area (Å²) in [6.45, 7) is 6.47. The third kappa shape index (κ3) is 6.01. The van der Waals surface area contributed by atoms with Gasteiger partial charge in [-0.3, -0.25) is 0 Å². The van der Waals surface area contributed by atoms with Crippen LogP contribution in [0.4, 0.5) is 17.6 Å². The van der Waals surface area contributed by atoms with Crippen LogP contribution in [0, 0.1) is 18.7 Å². The predicted octanol–water partition coefficient (Wildman–Crippen LogP) is 6.46. The van der Waals surface area contributed by atoms with Gasteiger partial charge in [0, 0.05) is 17.3 Å². The Morgan fingerprint density at radius 1 is 1.33 bits per heavy atom. The lowest BCUT2D eigenvalue weighted by Crippen LogP contribution is -2.18. The van der Waals surface area contributed by atoms with E-state index in [1.54, 1.807) is 26.8 Å². The number of alkyl halides is 3. The van der Waals surface area contributed by atoms with Gasteiger partial charge >= 0.3 is 12.2 Å². The number of ether oxygens (including phenoxy) is 1. The Bertz CT molecular complexity index is 958. The molecule has 1 unspecified atom stereocenters. The molecule has 4 nitrogen and oxygen atoms in total. The molecule has 162 valence electrons. The van der Waals surface area contributed by atoms with Crippen LogP contribution in [0.3, 0.4) is 0 Å². The van der Waals surface area contributed by atoms with E-state index in [9.17, 15) is 17.6 Å². The molecule has 1 aromatic carbocycles. The van der Waals surface area contributed by atoms with Gasteiger partial charge in [0.15, 0.2) is 0 Å². The number of rotatable bonds is 7. The average Bonchev–Trinajstić information content (AvgIpc) is 2.69. The highest BCUT2D eigenvalue weighted by Gasteiger charge is 2.34. The molecule has 9 heteroatoms. The lowest BCUT2D eigenvalue weighted by Gasteiger charge is -2.17. The van der Waals surface area contributed by atoms with E-state index in [-0.39, 0.29) is 35.0 Å². The molecule has 0 radical (unpaired) electrons. The minimum absolute atomic E-state index is 0.0198. The summed E-state index contributed by atoms with van der Waals surface area (Å²) in [6, 6.07) is 4.21. The van der Waals surface area contributed by atoms with Crippen molar-refractivity contribution in [3.8, 4) is 6.01 Å². The lowest BCUT2D eigenvalue weighted by atomic mass is 9.94. The fourth-order valence-corrected chi connectivity index (χ4v) is 2.65. The Morgan fingerprint density at radius 2 is 2.03 bits per heavy atom. The van der Waals surface area contributed by atoms with Crippen LogP contribution in [-0.4, -0.2) is 21.9 Å². The molecule has 0 bridgehead atoms. The molecule has 2 rings (SSSR count). The molecule has 1 atom stereocenters. The van der Waals surface area contributed by atoms with Crippen molar-refractivity contribution < 1.29 is 22.3 Å². The predicted molar refractivity (Wildman–Crippen MR) is 108 cm³/mol. The standard InChI is InChI=1S/C21H22ClF4N3O/c1-5-12(3)18(28-17(6-2)21(24,25)26)15-8-7-14(9-16(15)23)11-30-20-27-10-13(4)19(22)29-20/h6-10,12H,5,11H2,1-4H3/b17-6-,28-18?. The number of benzene rings is 1. The third-order valence-corrected chi connectivity index (χ3v) is 4.83. The maximum absolute atomic E-state index is 14.8. The van der Waals surface area contributed by atoms with Crippen LogP contribution in [-0.2, 0) is 6.61 Å². The van der Waals surface area contributed by atoms with Crippen molar-refractivity contribution in [2.45, 2.75) is 46.9 Å². The van der Waals surface area contributed by atoms with Crippen LogP contribution in [0.15, 0.2) is 41.2 Å². The summed E-state index contributed by atoms with van der Waals surface area (Å²) in [5, 5.41) is 0.250. The Kier molecular flexibility index (Phi) is 7.95. The van der Waals surface area contributed by atoms with Crippen LogP contribution in [0.25, 0.3) is 0 Å². The van der Waals surface area contributed by atoms with E-state index in [4.69, 9.17) is 16.3 Å². The molecule has 0 saturated heterocycles. The quantitative estimate of drug-likeness (QED) is 0.280. The number of aliphatic imine (C=N–C) groups is 1. The largest absolute Gasteiger partial charge is 0.459 e. The molecule has 0 amide bonds. The summed E-state index contributed by atoms with van der Waals surface area (Å²) in [6.07, 6.45) is -1.74. The number of aryl methyl sites for hydroxylation is 1. The molecular weight excluding hydrogens is 422 g/mol. The highest BCUT2D eigenvalue weighted by Crippen LogP contribution is 2.29. The fraction of sp³-hybridized carbons (Fsp3) is 0.381. The van der Waals surface area contributed by atoms with Gasteiger partial charge in [-0.05, 0) is 43.9 Å². The summed E-state index contributed by atoms with van der Waals surface area (Å²) in [4.78, 5) is 11.7.